The number of aliphatic hydroxyl groups excluding tert-OH is 1. The molecule has 1 aromatic rings. The van der Waals surface area contributed by atoms with E-state index in [4.69, 9.17) is 4.74 Å². The van der Waals surface area contributed by atoms with Gasteiger partial charge < -0.3 is 19.8 Å². The van der Waals surface area contributed by atoms with Gasteiger partial charge in [-0.3, -0.25) is 9.59 Å². The lowest BCUT2D eigenvalue weighted by atomic mass is 9.43. The molecule has 0 amide bonds. The summed E-state index contributed by atoms with van der Waals surface area (Å²) < 4.78 is 6.11. The first-order valence-electron chi connectivity index (χ1n) is 17.5. The van der Waals surface area contributed by atoms with E-state index in [1.54, 1.807) is 0 Å². The number of rotatable bonds is 13. The Bertz CT molecular complexity index is 1180. The van der Waals surface area contributed by atoms with Gasteiger partial charge in [0.2, 0.25) is 0 Å². The highest BCUT2D eigenvalue weighted by Crippen LogP contribution is 2.68. The first-order chi connectivity index (χ1) is 21.5. The van der Waals surface area contributed by atoms with Gasteiger partial charge in [0.15, 0.2) is 0 Å². The topological polar surface area (TPSA) is 87.1 Å². The molecule has 0 bridgehead atoms. The van der Waals surface area contributed by atoms with Crippen molar-refractivity contribution < 1.29 is 24.5 Å². The number of halogens is 2. The van der Waals surface area contributed by atoms with Gasteiger partial charge in [0.1, 0.15) is 6.10 Å². The number of benzene rings is 1. The van der Waals surface area contributed by atoms with E-state index in [1.165, 1.54) is 12.1 Å². The number of carbonyl (C=O) groups excluding carboxylic acids is 1. The van der Waals surface area contributed by atoms with E-state index in [-0.39, 0.29) is 35.4 Å². The van der Waals surface area contributed by atoms with Crippen molar-refractivity contribution in [2.75, 3.05) is 28.6 Å². The quantitative estimate of drug-likeness (QED) is 0.156. The van der Waals surface area contributed by atoms with Crippen molar-refractivity contribution in [2.45, 2.75) is 110 Å². The van der Waals surface area contributed by atoms with Gasteiger partial charge in [-0.1, -0.05) is 64.8 Å². The normalized spacial score (nSPS) is 36.4. The van der Waals surface area contributed by atoms with E-state index in [9.17, 15) is 19.8 Å². The van der Waals surface area contributed by atoms with E-state index in [2.05, 4.69) is 81.8 Å². The molecule has 8 heteroatoms. The average Bonchev–Trinajstić information content (AvgIpc) is 3.37. The van der Waals surface area contributed by atoms with E-state index in [0.29, 0.717) is 48.3 Å². The second kappa shape index (κ2) is 15.0. The van der Waals surface area contributed by atoms with Gasteiger partial charge in [0.25, 0.3) is 0 Å². The first-order valence-corrected chi connectivity index (χ1v) is 19.8. The monoisotopic (exact) mass is 751 g/mol. The second-order valence-electron chi connectivity index (χ2n) is 15.4. The second-order valence-corrected chi connectivity index (χ2v) is 16.9. The van der Waals surface area contributed by atoms with Crippen LogP contribution in [0.2, 0.25) is 0 Å². The van der Waals surface area contributed by atoms with Crippen LogP contribution in [0.3, 0.4) is 0 Å². The molecule has 4 saturated carbocycles. The van der Waals surface area contributed by atoms with Gasteiger partial charge >= 0.3 is 11.9 Å². The minimum absolute atomic E-state index is 0.0567. The number of hydrogen-bond acceptors (Lipinski definition) is 5. The summed E-state index contributed by atoms with van der Waals surface area (Å²) in [6.07, 6.45) is 10.00. The van der Waals surface area contributed by atoms with Crippen LogP contribution >= 0.6 is 31.9 Å². The molecule has 6 nitrogen and oxygen atoms in total. The van der Waals surface area contributed by atoms with Crippen molar-refractivity contribution in [1.29, 1.82) is 0 Å². The number of carboxylic acids is 1. The molecule has 10 atom stereocenters. The molecule has 2 N–H and O–H groups in total. The number of carboxylic acid groups (broad SMARTS) is 1. The lowest BCUT2D eigenvalue weighted by Gasteiger charge is -2.62. The number of fused-ring (bicyclic) bond motifs is 5. The Hall–Kier alpha value is -1.12. The third-order valence-electron chi connectivity index (χ3n) is 13.1. The fraction of sp³-hybridized carbons (Fsp3) is 0.784. The smallest absolute Gasteiger partial charge is 0.306 e. The maximum Gasteiger partial charge on any atom is 0.306 e. The summed E-state index contributed by atoms with van der Waals surface area (Å²) in [6, 6.07) is 8.51. The molecule has 4 aliphatic rings. The van der Waals surface area contributed by atoms with Gasteiger partial charge in [0.05, 0.1) is 6.10 Å². The van der Waals surface area contributed by atoms with Gasteiger partial charge in [0, 0.05) is 42.3 Å². The minimum atomic E-state index is -0.697. The molecule has 1 unspecified atom stereocenters. The molecule has 0 aliphatic heterocycles. The summed E-state index contributed by atoms with van der Waals surface area (Å²) in [5.74, 6) is 1.87. The van der Waals surface area contributed by atoms with Crippen molar-refractivity contribution in [3.63, 3.8) is 0 Å². The fourth-order valence-electron chi connectivity index (χ4n) is 10.8. The number of aliphatic hydroxyl groups is 1. The van der Waals surface area contributed by atoms with Crippen LogP contribution in [0.4, 0.5) is 5.69 Å². The molecule has 4 fully saturated rings. The summed E-state index contributed by atoms with van der Waals surface area (Å²) in [5.41, 5.74) is 2.71. The largest absolute Gasteiger partial charge is 0.481 e. The van der Waals surface area contributed by atoms with Crippen LogP contribution in [0.25, 0.3) is 0 Å². The van der Waals surface area contributed by atoms with Crippen LogP contribution in [0.1, 0.15) is 97.0 Å². The maximum absolute atomic E-state index is 13.0. The molecule has 4 aliphatic carbocycles. The van der Waals surface area contributed by atoms with Crippen LogP contribution < -0.4 is 4.90 Å². The van der Waals surface area contributed by atoms with Gasteiger partial charge in [-0.2, -0.15) is 0 Å². The predicted octanol–water partition coefficient (Wildman–Crippen LogP) is 8.26. The Labute approximate surface area is 287 Å². The Kier molecular flexibility index (Phi) is 11.7. The number of hydrogen-bond donors (Lipinski definition) is 2. The fourth-order valence-corrected chi connectivity index (χ4v) is 11.6. The minimum Gasteiger partial charge on any atom is -0.481 e. The molecule has 1 aromatic carbocycles. The molecule has 252 valence electrons. The van der Waals surface area contributed by atoms with E-state index >= 15 is 0 Å². The standard InChI is InChI=1S/C37H55Br2NO5/c1-24(7-11-33(42)43)29-9-10-30-35-31(14-16-37(29,30)3)36(2)15-13-28(22-26(36)23-32(35)41)45-34(44)12-8-25-5-4-6-27(21-25)40(19-17-38)20-18-39/h4-6,21,24,26,28-32,35,41H,7-20,22-23H2,1-3H3,(H,42,43)/t24-,26?,28+,29-,30+,31+,32+,35+,36+,37-/m1/s1. The van der Waals surface area contributed by atoms with Crippen molar-refractivity contribution >= 4 is 49.5 Å². The third kappa shape index (κ3) is 7.48. The Morgan fingerprint density at radius 2 is 1.71 bits per heavy atom. The zero-order valence-electron chi connectivity index (χ0n) is 27.6. The highest BCUT2D eigenvalue weighted by molar-refractivity contribution is 9.09. The highest BCUT2D eigenvalue weighted by atomic mass is 79.9. The van der Waals surface area contributed by atoms with Crippen molar-refractivity contribution in [2.24, 2.45) is 46.3 Å². The number of carbonyl (C=O) groups is 2. The average molecular weight is 754 g/mol. The van der Waals surface area contributed by atoms with Crippen molar-refractivity contribution in [1.82, 2.24) is 0 Å². The molecular weight excluding hydrogens is 698 g/mol. The Morgan fingerprint density at radius 1 is 1.00 bits per heavy atom. The molecular formula is C37H55Br2NO5. The van der Waals surface area contributed by atoms with Crippen LogP contribution in [0.15, 0.2) is 24.3 Å². The zero-order valence-corrected chi connectivity index (χ0v) is 30.7. The predicted molar refractivity (Wildman–Crippen MR) is 187 cm³/mol. The molecule has 5 rings (SSSR count). The molecule has 0 saturated heterocycles. The van der Waals surface area contributed by atoms with E-state index < -0.39 is 5.97 Å². The number of nitrogens with zero attached hydrogens (tertiary/aromatic N) is 1. The van der Waals surface area contributed by atoms with Gasteiger partial charge in [-0.15, -0.1) is 0 Å². The highest BCUT2D eigenvalue weighted by Gasteiger charge is 2.63. The number of esters is 1. The summed E-state index contributed by atoms with van der Waals surface area (Å²) in [7, 11) is 0. The van der Waals surface area contributed by atoms with Crippen LogP contribution in [-0.4, -0.2) is 58.1 Å². The molecule has 45 heavy (non-hydrogen) atoms. The van der Waals surface area contributed by atoms with Gasteiger partial charge in [-0.05, 0) is 128 Å². The van der Waals surface area contributed by atoms with E-state index in [1.807, 2.05) is 0 Å². The summed E-state index contributed by atoms with van der Waals surface area (Å²) in [4.78, 5) is 26.6. The number of aliphatic carboxylic acids is 1. The Balaban J connectivity index is 1.17. The zero-order chi connectivity index (χ0) is 32.4. The van der Waals surface area contributed by atoms with Gasteiger partial charge in [-0.25, -0.2) is 0 Å². The maximum atomic E-state index is 13.0. The molecule has 0 aromatic heterocycles. The van der Waals surface area contributed by atoms with Crippen LogP contribution in [0.5, 0.6) is 0 Å². The first kappa shape index (κ1) is 35.2. The summed E-state index contributed by atoms with van der Waals surface area (Å²) >= 11 is 7.12. The molecule has 0 spiro atoms. The van der Waals surface area contributed by atoms with Crippen LogP contribution in [0, 0.1) is 46.3 Å². The molecule has 0 heterocycles. The van der Waals surface area contributed by atoms with Crippen molar-refractivity contribution in [3.05, 3.63) is 29.8 Å². The SMILES string of the molecule is C[C@H](CCC(=O)O)[C@H]1CC[C@H]2[C@@H]3[C@@H](O)CC4C[C@@H](OC(=O)CCc5cccc(N(CCBr)CCBr)c5)CC[C@]4(C)[C@H]3CC[C@]12C. The lowest BCUT2D eigenvalue weighted by molar-refractivity contribution is -0.183. The van der Waals surface area contributed by atoms with Crippen molar-refractivity contribution in [3.8, 4) is 0 Å². The van der Waals surface area contributed by atoms with E-state index in [0.717, 1.165) is 80.7 Å². The summed E-state index contributed by atoms with van der Waals surface area (Å²) in [5, 5.41) is 22.8. The number of anilines is 1. The number of alkyl halides is 2. The number of ether oxygens (including phenoxy) is 1. The Morgan fingerprint density at radius 3 is 2.42 bits per heavy atom. The number of aryl methyl sites for hydroxylation is 1. The molecule has 0 radical (unpaired) electrons. The third-order valence-corrected chi connectivity index (χ3v) is 13.8. The van der Waals surface area contributed by atoms with Crippen LogP contribution in [-0.2, 0) is 20.7 Å². The summed E-state index contributed by atoms with van der Waals surface area (Å²) in [6.45, 7) is 9.06. The lowest BCUT2D eigenvalue weighted by Crippen LogP contribution is -2.58.